The Labute approximate surface area is 123 Å². The maximum absolute atomic E-state index is 8.89. The van der Waals surface area contributed by atoms with Crippen molar-refractivity contribution in [2.24, 2.45) is 5.41 Å². The Balaban J connectivity index is 3.13. The molecule has 1 unspecified atom stereocenters. The Bertz CT molecular complexity index is 501. The van der Waals surface area contributed by atoms with Crippen LogP contribution in [-0.4, -0.2) is 13.3 Å². The predicted molar refractivity (Wildman–Crippen MR) is 81.7 cm³/mol. The summed E-state index contributed by atoms with van der Waals surface area (Å²) < 4.78 is 12.0. The molecule has 1 aromatic rings. The zero-order valence-electron chi connectivity index (χ0n) is 13.9. The predicted octanol–water partition coefficient (Wildman–Crippen LogP) is 4.66. The Hall–Kier alpha value is -1.12. The molecular formula is C15H26N2O2Si. The molecule has 1 aromatic heterocycles. The first kappa shape index (κ1) is 16.9. The molecule has 0 spiro atoms. The van der Waals surface area contributed by atoms with Crippen LogP contribution in [0.1, 0.15) is 59.2 Å². The molecule has 0 aliphatic carbocycles. The first-order chi connectivity index (χ1) is 8.88. The van der Waals surface area contributed by atoms with E-state index in [0.717, 1.165) is 0 Å². The highest BCUT2D eigenvalue weighted by Crippen LogP contribution is 2.44. The number of rotatable bonds is 3. The van der Waals surface area contributed by atoms with Crippen molar-refractivity contribution in [1.82, 2.24) is 4.98 Å². The van der Waals surface area contributed by atoms with E-state index in [-0.39, 0.29) is 16.6 Å². The lowest BCUT2D eigenvalue weighted by molar-refractivity contribution is 0.0490. The van der Waals surface area contributed by atoms with E-state index in [1.165, 1.54) is 6.26 Å². The van der Waals surface area contributed by atoms with Gasteiger partial charge in [0.15, 0.2) is 14.0 Å². The SMILES string of the molecule is CC(C)(C)C(O[Si](C)(C)C(C)(C)C)c1nc(C#N)co1. The molecule has 1 atom stereocenters. The average molecular weight is 294 g/mol. The number of nitriles is 1. The van der Waals surface area contributed by atoms with Gasteiger partial charge in [-0.3, -0.25) is 0 Å². The van der Waals surface area contributed by atoms with Crippen molar-refractivity contribution >= 4 is 8.32 Å². The van der Waals surface area contributed by atoms with Crippen LogP contribution in [0.15, 0.2) is 10.7 Å². The Morgan fingerprint density at radius 2 is 1.80 bits per heavy atom. The summed E-state index contributed by atoms with van der Waals surface area (Å²) in [5.41, 5.74) is 0.153. The molecule has 0 aromatic carbocycles. The zero-order chi connectivity index (χ0) is 15.8. The second-order valence-corrected chi connectivity index (χ2v) is 12.6. The molecular weight excluding hydrogens is 268 g/mol. The monoisotopic (exact) mass is 294 g/mol. The third-order valence-corrected chi connectivity index (χ3v) is 8.30. The molecule has 112 valence electrons. The van der Waals surface area contributed by atoms with E-state index in [2.05, 4.69) is 59.6 Å². The Kier molecular flexibility index (Phi) is 4.52. The standard InChI is InChI=1S/C15H26N2O2Si/c1-14(2,3)12(13-17-11(9-16)10-18-13)19-20(7,8)15(4,5)6/h10,12H,1-8H3. The minimum absolute atomic E-state index is 0.112. The summed E-state index contributed by atoms with van der Waals surface area (Å²) in [6.45, 7) is 17.3. The van der Waals surface area contributed by atoms with Gasteiger partial charge in [-0.25, -0.2) is 4.98 Å². The summed E-state index contributed by atoms with van der Waals surface area (Å²) in [5, 5.41) is 9.00. The van der Waals surface area contributed by atoms with Gasteiger partial charge in [0.2, 0.25) is 5.89 Å². The van der Waals surface area contributed by atoms with Gasteiger partial charge in [-0.1, -0.05) is 41.5 Å². The zero-order valence-corrected chi connectivity index (χ0v) is 14.9. The topological polar surface area (TPSA) is 59.0 Å². The normalized spacial score (nSPS) is 14.9. The van der Waals surface area contributed by atoms with Crippen molar-refractivity contribution < 1.29 is 8.84 Å². The van der Waals surface area contributed by atoms with Gasteiger partial charge in [0.1, 0.15) is 18.4 Å². The molecule has 5 heteroatoms. The molecule has 0 bridgehead atoms. The van der Waals surface area contributed by atoms with Gasteiger partial charge in [0.25, 0.3) is 0 Å². The van der Waals surface area contributed by atoms with Crippen molar-refractivity contribution in [2.45, 2.75) is 65.8 Å². The van der Waals surface area contributed by atoms with E-state index < -0.39 is 8.32 Å². The van der Waals surface area contributed by atoms with Crippen molar-refractivity contribution in [3.8, 4) is 6.07 Å². The highest BCUT2D eigenvalue weighted by molar-refractivity contribution is 6.74. The summed E-state index contributed by atoms with van der Waals surface area (Å²) in [5.74, 6) is 0.499. The molecule has 0 radical (unpaired) electrons. The molecule has 1 rings (SSSR count). The first-order valence-corrected chi connectivity index (χ1v) is 9.82. The molecule has 0 fully saturated rings. The fraction of sp³-hybridized carbons (Fsp3) is 0.733. The molecule has 0 saturated heterocycles. The lowest BCUT2D eigenvalue weighted by Crippen LogP contribution is -2.44. The third kappa shape index (κ3) is 3.71. The second kappa shape index (κ2) is 5.34. The van der Waals surface area contributed by atoms with Gasteiger partial charge in [0.05, 0.1) is 0 Å². The van der Waals surface area contributed by atoms with Crippen molar-refractivity contribution in [3.05, 3.63) is 17.8 Å². The van der Waals surface area contributed by atoms with Crippen LogP contribution in [0.25, 0.3) is 0 Å². The van der Waals surface area contributed by atoms with E-state index >= 15 is 0 Å². The smallest absolute Gasteiger partial charge is 0.223 e. The largest absolute Gasteiger partial charge is 0.445 e. The van der Waals surface area contributed by atoms with Crippen LogP contribution in [0.3, 0.4) is 0 Å². The summed E-state index contributed by atoms with van der Waals surface area (Å²) in [6, 6.07) is 2.00. The molecule has 20 heavy (non-hydrogen) atoms. The lowest BCUT2D eigenvalue weighted by Gasteiger charge is -2.42. The maximum atomic E-state index is 8.89. The van der Waals surface area contributed by atoms with E-state index in [4.69, 9.17) is 14.1 Å². The minimum atomic E-state index is -1.94. The van der Waals surface area contributed by atoms with Gasteiger partial charge < -0.3 is 8.84 Å². The minimum Gasteiger partial charge on any atom is -0.445 e. The lowest BCUT2D eigenvalue weighted by atomic mass is 9.89. The van der Waals surface area contributed by atoms with Crippen molar-refractivity contribution in [3.63, 3.8) is 0 Å². The van der Waals surface area contributed by atoms with Gasteiger partial charge in [0, 0.05) is 0 Å². The fourth-order valence-corrected chi connectivity index (χ4v) is 2.93. The van der Waals surface area contributed by atoms with Gasteiger partial charge in [-0.05, 0) is 23.5 Å². The van der Waals surface area contributed by atoms with Crippen molar-refractivity contribution in [2.75, 3.05) is 0 Å². The highest BCUT2D eigenvalue weighted by atomic mass is 28.4. The molecule has 0 amide bonds. The number of hydrogen-bond donors (Lipinski definition) is 0. The van der Waals surface area contributed by atoms with Crippen LogP contribution in [0.5, 0.6) is 0 Å². The van der Waals surface area contributed by atoms with Gasteiger partial charge in [-0.2, -0.15) is 5.26 Å². The van der Waals surface area contributed by atoms with E-state index in [9.17, 15) is 0 Å². The van der Waals surface area contributed by atoms with Crippen LogP contribution in [0.4, 0.5) is 0 Å². The van der Waals surface area contributed by atoms with E-state index in [1.54, 1.807) is 0 Å². The number of hydrogen-bond acceptors (Lipinski definition) is 4. The molecule has 0 aliphatic rings. The van der Waals surface area contributed by atoms with Gasteiger partial charge >= 0.3 is 0 Å². The summed E-state index contributed by atoms with van der Waals surface area (Å²) in [7, 11) is -1.94. The second-order valence-electron chi connectivity index (χ2n) is 7.81. The van der Waals surface area contributed by atoms with Crippen LogP contribution in [0, 0.1) is 16.7 Å². The quantitative estimate of drug-likeness (QED) is 0.761. The Morgan fingerprint density at radius 1 is 1.25 bits per heavy atom. The first-order valence-electron chi connectivity index (χ1n) is 6.92. The van der Waals surface area contributed by atoms with Crippen molar-refractivity contribution in [1.29, 1.82) is 5.26 Å². The van der Waals surface area contributed by atoms with E-state index in [0.29, 0.717) is 11.6 Å². The van der Waals surface area contributed by atoms with Crippen LogP contribution < -0.4 is 0 Å². The molecule has 0 saturated carbocycles. The molecule has 4 nitrogen and oxygen atoms in total. The van der Waals surface area contributed by atoms with E-state index in [1.807, 2.05) is 6.07 Å². The average Bonchev–Trinajstić information content (AvgIpc) is 2.70. The summed E-state index contributed by atoms with van der Waals surface area (Å²) in [4.78, 5) is 4.23. The summed E-state index contributed by atoms with van der Waals surface area (Å²) in [6.07, 6.45) is 1.15. The number of aromatic nitrogens is 1. The third-order valence-electron chi connectivity index (χ3n) is 3.87. The number of oxazole rings is 1. The maximum Gasteiger partial charge on any atom is 0.223 e. The summed E-state index contributed by atoms with van der Waals surface area (Å²) >= 11 is 0. The van der Waals surface area contributed by atoms with Crippen LogP contribution in [0.2, 0.25) is 18.1 Å². The van der Waals surface area contributed by atoms with Crippen LogP contribution in [-0.2, 0) is 4.43 Å². The molecule has 1 heterocycles. The van der Waals surface area contributed by atoms with Gasteiger partial charge in [-0.15, -0.1) is 0 Å². The molecule has 0 aliphatic heterocycles. The van der Waals surface area contributed by atoms with Crippen LogP contribution >= 0.6 is 0 Å². The number of nitrogens with zero attached hydrogens (tertiary/aromatic N) is 2. The highest BCUT2D eigenvalue weighted by Gasteiger charge is 2.43. The molecule has 0 N–H and O–H groups in total. The Morgan fingerprint density at radius 3 is 2.15 bits per heavy atom. The fourth-order valence-electron chi connectivity index (χ4n) is 1.53.